The lowest BCUT2D eigenvalue weighted by atomic mass is 10.1. The summed E-state index contributed by atoms with van der Waals surface area (Å²) in [5, 5.41) is 3.14. The molecule has 0 bridgehead atoms. The average molecular weight is 255 g/mol. The number of hydrogen-bond donors (Lipinski definition) is 2. The Labute approximate surface area is 111 Å². The monoisotopic (exact) mass is 255 g/mol. The fourth-order valence-corrected chi connectivity index (χ4v) is 2.34. The molecule has 1 fully saturated rings. The number of nitrogens with two attached hydrogens (primary N) is 1. The van der Waals surface area contributed by atoms with Gasteiger partial charge in [-0.2, -0.15) is 0 Å². The molecule has 0 spiro atoms. The molecule has 1 aliphatic rings. The normalized spacial score (nSPS) is 17.2. The molecule has 1 atom stereocenters. The number of hydrogen-bond acceptors (Lipinski definition) is 3. The van der Waals surface area contributed by atoms with Gasteiger partial charge in [0.2, 0.25) is 5.91 Å². The highest BCUT2D eigenvalue weighted by atomic mass is 16.2. The van der Waals surface area contributed by atoms with E-state index in [0.717, 1.165) is 25.8 Å². The molecule has 1 unspecified atom stereocenters. The van der Waals surface area contributed by atoms with Gasteiger partial charge in [0.05, 0.1) is 6.04 Å². The molecule has 4 nitrogen and oxygen atoms in total. The predicted octanol–water partition coefficient (Wildman–Crippen LogP) is 1.49. The van der Waals surface area contributed by atoms with Crippen molar-refractivity contribution in [3.63, 3.8) is 0 Å². The van der Waals surface area contributed by atoms with Gasteiger partial charge in [-0.05, 0) is 45.6 Å². The van der Waals surface area contributed by atoms with E-state index in [1.54, 1.807) is 0 Å². The van der Waals surface area contributed by atoms with E-state index in [2.05, 4.69) is 24.1 Å². The van der Waals surface area contributed by atoms with E-state index >= 15 is 0 Å². The zero-order chi connectivity index (χ0) is 13.5. The Hall–Kier alpha value is -0.610. The smallest absolute Gasteiger partial charge is 0.237 e. The minimum Gasteiger partial charge on any atom is -0.352 e. The molecule has 0 aromatic rings. The lowest BCUT2D eigenvalue weighted by Crippen LogP contribution is -2.49. The van der Waals surface area contributed by atoms with Gasteiger partial charge >= 0.3 is 0 Å². The first-order chi connectivity index (χ1) is 8.63. The highest BCUT2D eigenvalue weighted by molar-refractivity contribution is 5.81. The highest BCUT2D eigenvalue weighted by Crippen LogP contribution is 2.28. The van der Waals surface area contributed by atoms with Crippen LogP contribution in [0.15, 0.2) is 0 Å². The van der Waals surface area contributed by atoms with Crippen LogP contribution >= 0.6 is 0 Å². The fourth-order valence-electron chi connectivity index (χ4n) is 2.34. The number of rotatable bonds is 9. The summed E-state index contributed by atoms with van der Waals surface area (Å²) in [6, 6.07) is 0.902. The van der Waals surface area contributed by atoms with E-state index in [1.807, 2.05) is 6.92 Å². The molecule has 0 radical (unpaired) electrons. The number of amides is 1. The van der Waals surface area contributed by atoms with Crippen molar-refractivity contribution in [2.75, 3.05) is 13.1 Å². The van der Waals surface area contributed by atoms with Gasteiger partial charge in [-0.15, -0.1) is 0 Å². The lowest BCUT2D eigenvalue weighted by molar-refractivity contribution is -0.127. The summed E-state index contributed by atoms with van der Waals surface area (Å²) in [5.41, 5.74) is 5.57. The van der Waals surface area contributed by atoms with Crippen LogP contribution in [0.5, 0.6) is 0 Å². The summed E-state index contributed by atoms with van der Waals surface area (Å²) in [7, 11) is 0. The third-order valence-electron chi connectivity index (χ3n) is 3.85. The number of nitrogens with zero attached hydrogens (tertiary/aromatic N) is 1. The predicted molar refractivity (Wildman–Crippen MR) is 75.4 cm³/mol. The van der Waals surface area contributed by atoms with Gasteiger partial charge in [-0.25, -0.2) is 0 Å². The van der Waals surface area contributed by atoms with Crippen LogP contribution in [0.1, 0.15) is 52.9 Å². The molecule has 4 heteroatoms. The Balaban J connectivity index is 2.47. The summed E-state index contributed by atoms with van der Waals surface area (Å²) in [6.45, 7) is 7.90. The zero-order valence-corrected chi connectivity index (χ0v) is 12.1. The Morgan fingerprint density at radius 3 is 2.44 bits per heavy atom. The molecule has 18 heavy (non-hydrogen) atoms. The number of nitrogens with one attached hydrogen (secondary N) is 1. The minimum absolute atomic E-state index is 0.0235. The van der Waals surface area contributed by atoms with Gasteiger partial charge in [0.15, 0.2) is 0 Å². The van der Waals surface area contributed by atoms with Crippen molar-refractivity contribution in [3.05, 3.63) is 0 Å². The molecule has 106 valence electrons. The van der Waals surface area contributed by atoms with Crippen LogP contribution in [-0.4, -0.2) is 42.0 Å². The molecule has 1 rings (SSSR count). The van der Waals surface area contributed by atoms with Crippen LogP contribution in [0.3, 0.4) is 0 Å². The van der Waals surface area contributed by atoms with Crippen molar-refractivity contribution in [3.8, 4) is 0 Å². The summed E-state index contributed by atoms with van der Waals surface area (Å²) >= 11 is 0. The molecule has 0 aliphatic heterocycles. The topological polar surface area (TPSA) is 58.4 Å². The maximum absolute atomic E-state index is 12.2. The fraction of sp³-hybridized carbons (Fsp3) is 0.929. The van der Waals surface area contributed by atoms with Gasteiger partial charge in [-0.3, -0.25) is 9.69 Å². The van der Waals surface area contributed by atoms with Crippen molar-refractivity contribution in [2.24, 2.45) is 5.73 Å². The molecular formula is C14H29N3O. The summed E-state index contributed by atoms with van der Waals surface area (Å²) in [5.74, 6) is 0.174. The van der Waals surface area contributed by atoms with E-state index in [9.17, 15) is 4.79 Å². The zero-order valence-electron chi connectivity index (χ0n) is 12.1. The van der Waals surface area contributed by atoms with Crippen molar-refractivity contribution in [1.82, 2.24) is 10.2 Å². The molecule has 0 saturated heterocycles. The quantitative estimate of drug-likeness (QED) is 0.656. The second-order valence-corrected chi connectivity index (χ2v) is 5.31. The maximum atomic E-state index is 12.2. The van der Waals surface area contributed by atoms with Crippen molar-refractivity contribution in [2.45, 2.75) is 71.0 Å². The van der Waals surface area contributed by atoms with E-state index in [1.165, 1.54) is 12.8 Å². The highest BCUT2D eigenvalue weighted by Gasteiger charge is 2.34. The largest absolute Gasteiger partial charge is 0.352 e. The van der Waals surface area contributed by atoms with Crippen LogP contribution in [0, 0.1) is 0 Å². The second kappa shape index (κ2) is 7.74. The van der Waals surface area contributed by atoms with E-state index in [0.29, 0.717) is 18.6 Å². The van der Waals surface area contributed by atoms with E-state index in [4.69, 9.17) is 5.73 Å². The van der Waals surface area contributed by atoms with Crippen LogP contribution in [0.2, 0.25) is 0 Å². The van der Waals surface area contributed by atoms with Crippen LogP contribution in [0.25, 0.3) is 0 Å². The third kappa shape index (κ3) is 4.58. The Kier molecular flexibility index (Phi) is 6.65. The molecule has 0 aromatic heterocycles. The first-order valence-corrected chi connectivity index (χ1v) is 7.40. The summed E-state index contributed by atoms with van der Waals surface area (Å²) in [4.78, 5) is 14.5. The molecule has 1 amide bonds. The standard InChI is InChI=1S/C14H29N3O/c1-4-12(5-2)16-14(18)11(3)17(10-6-9-15)13-7-8-13/h11-13H,4-10,15H2,1-3H3,(H,16,18). The van der Waals surface area contributed by atoms with Crippen molar-refractivity contribution >= 4 is 5.91 Å². The Morgan fingerprint density at radius 1 is 1.39 bits per heavy atom. The van der Waals surface area contributed by atoms with Gasteiger partial charge in [0, 0.05) is 18.6 Å². The summed E-state index contributed by atoms with van der Waals surface area (Å²) in [6.07, 6.45) is 5.43. The molecule has 3 N–H and O–H groups in total. The minimum atomic E-state index is -0.0235. The van der Waals surface area contributed by atoms with Crippen LogP contribution in [0.4, 0.5) is 0 Å². The van der Waals surface area contributed by atoms with E-state index < -0.39 is 0 Å². The average Bonchev–Trinajstić information content (AvgIpc) is 3.20. The SMILES string of the molecule is CCC(CC)NC(=O)C(C)N(CCCN)C1CC1. The van der Waals surface area contributed by atoms with E-state index in [-0.39, 0.29) is 11.9 Å². The Bertz CT molecular complexity index is 249. The summed E-state index contributed by atoms with van der Waals surface area (Å²) < 4.78 is 0. The lowest BCUT2D eigenvalue weighted by Gasteiger charge is -2.29. The first-order valence-electron chi connectivity index (χ1n) is 7.40. The molecule has 1 saturated carbocycles. The third-order valence-corrected chi connectivity index (χ3v) is 3.85. The second-order valence-electron chi connectivity index (χ2n) is 5.31. The molecule has 0 aromatic carbocycles. The maximum Gasteiger partial charge on any atom is 0.237 e. The first kappa shape index (κ1) is 15.4. The van der Waals surface area contributed by atoms with Gasteiger partial charge < -0.3 is 11.1 Å². The molecular weight excluding hydrogens is 226 g/mol. The van der Waals surface area contributed by atoms with Gasteiger partial charge in [0.1, 0.15) is 0 Å². The molecule has 1 aliphatic carbocycles. The van der Waals surface area contributed by atoms with Crippen LogP contribution < -0.4 is 11.1 Å². The Morgan fingerprint density at radius 2 is 2.00 bits per heavy atom. The van der Waals surface area contributed by atoms with Crippen LogP contribution in [-0.2, 0) is 4.79 Å². The van der Waals surface area contributed by atoms with Gasteiger partial charge in [-0.1, -0.05) is 13.8 Å². The van der Waals surface area contributed by atoms with Gasteiger partial charge in [0.25, 0.3) is 0 Å². The van der Waals surface area contributed by atoms with Crippen molar-refractivity contribution < 1.29 is 4.79 Å². The number of carbonyl (C=O) groups is 1. The number of carbonyl (C=O) groups excluding carboxylic acids is 1. The molecule has 0 heterocycles. The van der Waals surface area contributed by atoms with Crippen molar-refractivity contribution in [1.29, 1.82) is 0 Å².